The summed E-state index contributed by atoms with van der Waals surface area (Å²) in [7, 11) is -2.04. The molecule has 0 saturated heterocycles. The van der Waals surface area contributed by atoms with Gasteiger partial charge in [0.05, 0.1) is 11.1 Å². The van der Waals surface area contributed by atoms with Crippen LogP contribution >= 0.6 is 7.26 Å². The molecule has 0 aliphatic heterocycles. The van der Waals surface area contributed by atoms with Gasteiger partial charge in [-0.15, -0.1) is 0 Å². The van der Waals surface area contributed by atoms with E-state index < -0.39 is 7.26 Å². The molecule has 0 unspecified atom stereocenters. The molecule has 0 spiro atoms. The van der Waals surface area contributed by atoms with Gasteiger partial charge in [-0.05, 0) is 74.9 Å². The zero-order valence-corrected chi connectivity index (χ0v) is 20.7. The lowest BCUT2D eigenvalue weighted by molar-refractivity contribution is -0.384. The molecule has 0 aliphatic carbocycles. The zero-order valence-electron chi connectivity index (χ0n) is 19.0. The number of halogens is 1. The van der Waals surface area contributed by atoms with Crippen LogP contribution in [0.15, 0.2) is 97.1 Å². The van der Waals surface area contributed by atoms with Gasteiger partial charge in [-0.1, -0.05) is 53.1 Å². The Morgan fingerprint density at radius 3 is 1.24 bits per heavy atom. The summed E-state index contributed by atoms with van der Waals surface area (Å²) in [4.78, 5) is 10.8. The van der Waals surface area contributed by atoms with Crippen molar-refractivity contribution >= 4 is 28.9 Å². The second-order valence-corrected chi connectivity index (χ2v) is 11.9. The fourth-order valence-corrected chi connectivity index (χ4v) is 8.29. The van der Waals surface area contributed by atoms with Crippen LogP contribution in [0.1, 0.15) is 22.3 Å². The molecule has 0 aromatic heterocycles. The maximum absolute atomic E-state index is 11.2. The van der Waals surface area contributed by atoms with Crippen molar-refractivity contribution in [1.82, 2.24) is 0 Å². The van der Waals surface area contributed by atoms with E-state index in [2.05, 4.69) is 93.6 Å². The average Bonchev–Trinajstić information content (AvgIpc) is 2.80. The minimum atomic E-state index is -2.04. The largest absolute Gasteiger partial charge is 1.00 e. The molecule has 0 aliphatic rings. The first-order valence-corrected chi connectivity index (χ1v) is 12.7. The minimum absolute atomic E-state index is 0. The molecule has 3 nitrogen and oxygen atoms in total. The maximum atomic E-state index is 11.2. The third kappa shape index (κ3) is 5.16. The highest BCUT2D eigenvalue weighted by Crippen LogP contribution is 2.58. The molecule has 0 bridgehead atoms. The summed E-state index contributed by atoms with van der Waals surface area (Å²) < 4.78 is 0. The molecule has 5 heteroatoms. The molecule has 0 amide bonds. The summed E-state index contributed by atoms with van der Waals surface area (Å²) in [5.41, 5.74) is 4.92. The molecule has 4 aromatic rings. The summed E-state index contributed by atoms with van der Waals surface area (Å²) in [6, 6.07) is 33.7. The molecule has 33 heavy (non-hydrogen) atoms. The Labute approximate surface area is 202 Å². The number of rotatable bonds is 6. The first-order chi connectivity index (χ1) is 15.4. The lowest BCUT2D eigenvalue weighted by Crippen LogP contribution is -3.00. The molecular formula is C28H27ClNO2P. The molecule has 0 heterocycles. The van der Waals surface area contributed by atoms with Crippen LogP contribution in [0.2, 0.25) is 0 Å². The number of non-ortho nitro benzene ring substituents is 1. The van der Waals surface area contributed by atoms with Gasteiger partial charge in [0.2, 0.25) is 0 Å². The normalized spacial score (nSPS) is 11.0. The number of hydrogen-bond donors (Lipinski definition) is 0. The molecule has 0 atom stereocenters. The van der Waals surface area contributed by atoms with E-state index in [1.807, 2.05) is 12.1 Å². The Kier molecular flexibility index (Phi) is 7.68. The molecule has 0 saturated carbocycles. The van der Waals surface area contributed by atoms with Gasteiger partial charge in [0, 0.05) is 12.1 Å². The van der Waals surface area contributed by atoms with Crippen LogP contribution < -0.4 is 28.3 Å². The van der Waals surface area contributed by atoms with Gasteiger partial charge in [0.25, 0.3) is 5.69 Å². The molecule has 0 N–H and O–H groups in total. The van der Waals surface area contributed by atoms with E-state index in [0.29, 0.717) is 0 Å². The van der Waals surface area contributed by atoms with Gasteiger partial charge in [-0.3, -0.25) is 10.1 Å². The van der Waals surface area contributed by atoms with E-state index in [-0.39, 0.29) is 23.0 Å². The summed E-state index contributed by atoms with van der Waals surface area (Å²) in [5, 5.41) is 15.1. The van der Waals surface area contributed by atoms with Gasteiger partial charge < -0.3 is 12.4 Å². The number of nitro groups is 1. The number of nitrogens with zero attached hydrogens (tertiary/aromatic N) is 1. The second kappa shape index (κ2) is 10.3. The Hall–Kier alpha value is -3.00. The van der Waals surface area contributed by atoms with Crippen molar-refractivity contribution in [3.8, 4) is 0 Å². The van der Waals surface area contributed by atoms with Gasteiger partial charge >= 0.3 is 0 Å². The van der Waals surface area contributed by atoms with E-state index in [1.165, 1.54) is 32.6 Å². The molecular weight excluding hydrogens is 449 g/mol. The average molecular weight is 476 g/mol. The van der Waals surface area contributed by atoms with E-state index in [4.69, 9.17) is 0 Å². The Balaban J connectivity index is 0.00000306. The van der Waals surface area contributed by atoms with Crippen molar-refractivity contribution in [3.05, 3.63) is 129 Å². The highest BCUT2D eigenvalue weighted by atomic mass is 35.5. The van der Waals surface area contributed by atoms with Crippen molar-refractivity contribution in [2.75, 3.05) is 0 Å². The van der Waals surface area contributed by atoms with E-state index >= 15 is 0 Å². The molecule has 0 radical (unpaired) electrons. The standard InChI is InChI=1S/C28H27NO2P.ClH/c1-21-4-14-26(15-5-21)32(27-16-6-22(2)7-17-27,28-18-8-23(3)9-19-28)20-24-10-12-25(13-11-24)29(30)31;/h4-19H,20H2,1-3H3;1H/q+1;/p-1. The van der Waals surface area contributed by atoms with E-state index in [1.54, 1.807) is 12.1 Å². The minimum Gasteiger partial charge on any atom is -1.00 e. The second-order valence-electron chi connectivity index (χ2n) is 8.40. The summed E-state index contributed by atoms with van der Waals surface area (Å²) in [5.74, 6) is 0. The molecule has 0 fully saturated rings. The molecule has 168 valence electrons. The topological polar surface area (TPSA) is 43.1 Å². The smallest absolute Gasteiger partial charge is 0.269 e. The van der Waals surface area contributed by atoms with Crippen LogP contribution in [0.25, 0.3) is 0 Å². The van der Waals surface area contributed by atoms with Crippen LogP contribution in [0.4, 0.5) is 5.69 Å². The monoisotopic (exact) mass is 475 g/mol. The Morgan fingerprint density at radius 2 is 0.939 bits per heavy atom. The van der Waals surface area contributed by atoms with Crippen molar-refractivity contribution < 1.29 is 17.3 Å². The zero-order chi connectivity index (χ0) is 22.7. The lowest BCUT2D eigenvalue weighted by Gasteiger charge is -2.28. The number of aryl methyl sites for hydroxylation is 3. The van der Waals surface area contributed by atoms with Gasteiger partial charge in [-0.2, -0.15) is 0 Å². The number of nitro benzene ring substituents is 1. The van der Waals surface area contributed by atoms with Crippen LogP contribution in [0.5, 0.6) is 0 Å². The third-order valence-electron chi connectivity index (χ3n) is 5.99. The van der Waals surface area contributed by atoms with Gasteiger partial charge in [0.15, 0.2) is 0 Å². The highest BCUT2D eigenvalue weighted by Gasteiger charge is 2.45. The molecule has 4 aromatic carbocycles. The first-order valence-electron chi connectivity index (χ1n) is 10.7. The fourth-order valence-electron chi connectivity index (χ4n) is 4.12. The van der Waals surface area contributed by atoms with E-state index in [0.717, 1.165) is 11.7 Å². The quantitative estimate of drug-likeness (QED) is 0.244. The first kappa shape index (κ1) is 24.6. The predicted octanol–water partition coefficient (Wildman–Crippen LogP) is 3.02. The van der Waals surface area contributed by atoms with E-state index in [9.17, 15) is 10.1 Å². The maximum Gasteiger partial charge on any atom is 0.269 e. The summed E-state index contributed by atoms with van der Waals surface area (Å²) >= 11 is 0. The lowest BCUT2D eigenvalue weighted by atomic mass is 10.2. The highest BCUT2D eigenvalue weighted by molar-refractivity contribution is 7.95. The number of hydrogen-bond acceptors (Lipinski definition) is 2. The van der Waals surface area contributed by atoms with Gasteiger partial charge in [-0.25, -0.2) is 0 Å². The van der Waals surface area contributed by atoms with Crippen LogP contribution in [-0.4, -0.2) is 4.92 Å². The Bertz CT molecular complexity index is 1110. The molecule has 4 rings (SSSR count). The van der Waals surface area contributed by atoms with Gasteiger partial charge in [0.1, 0.15) is 23.2 Å². The summed E-state index contributed by atoms with van der Waals surface area (Å²) in [6.45, 7) is 6.33. The number of benzene rings is 4. The fraction of sp³-hybridized carbons (Fsp3) is 0.143. The SMILES string of the molecule is Cc1ccc([P+](Cc2ccc([N+](=O)[O-])cc2)(c2ccc(C)cc2)c2ccc(C)cc2)cc1.[Cl-]. The van der Waals surface area contributed by atoms with Crippen molar-refractivity contribution in [2.45, 2.75) is 26.9 Å². The van der Waals surface area contributed by atoms with Crippen molar-refractivity contribution in [3.63, 3.8) is 0 Å². The van der Waals surface area contributed by atoms with Crippen LogP contribution in [0.3, 0.4) is 0 Å². The van der Waals surface area contributed by atoms with Crippen molar-refractivity contribution in [1.29, 1.82) is 0 Å². The third-order valence-corrected chi connectivity index (χ3v) is 10.4. The predicted molar refractivity (Wildman–Crippen MR) is 136 cm³/mol. The Morgan fingerprint density at radius 1 is 0.606 bits per heavy atom. The van der Waals surface area contributed by atoms with Crippen LogP contribution in [0, 0.1) is 30.9 Å². The van der Waals surface area contributed by atoms with Crippen molar-refractivity contribution in [2.24, 2.45) is 0 Å². The summed E-state index contributed by atoms with van der Waals surface area (Å²) in [6.07, 6.45) is 0.806. The van der Waals surface area contributed by atoms with Crippen LogP contribution in [-0.2, 0) is 6.16 Å².